The van der Waals surface area contributed by atoms with Gasteiger partial charge >= 0.3 is 16.2 Å². The summed E-state index contributed by atoms with van der Waals surface area (Å²) in [5.74, 6) is -0.303. The Balaban J connectivity index is 1.61. The van der Waals surface area contributed by atoms with Gasteiger partial charge in [-0.2, -0.15) is 12.7 Å². The largest absolute Gasteiger partial charge is 0.361 e. The van der Waals surface area contributed by atoms with Gasteiger partial charge in [0.2, 0.25) is 0 Å². The second-order valence-corrected chi connectivity index (χ2v) is 10.7. The third-order valence-electron chi connectivity index (χ3n) is 6.52. The van der Waals surface area contributed by atoms with Gasteiger partial charge in [0, 0.05) is 24.7 Å². The standard InChI is InChI=1S/C23H27FN6O3S/c1-14(2)18-10-17(24)11-19(15-5-7-26-21(9-15)25-3)22(18)27-23(31)28-34(32,33)30-12-16-6-8-29(4)20(16)13-30/h5,7,9-11,14,16,20H,6,8,12-13H2,1-2,4H3,(H2,27,28,31). The van der Waals surface area contributed by atoms with Gasteiger partial charge < -0.3 is 15.1 Å². The molecule has 0 saturated carbocycles. The fourth-order valence-corrected chi connectivity index (χ4v) is 5.90. The molecule has 34 heavy (non-hydrogen) atoms. The van der Waals surface area contributed by atoms with Crippen molar-refractivity contribution in [3.8, 4) is 11.1 Å². The van der Waals surface area contributed by atoms with E-state index in [9.17, 15) is 17.6 Å². The van der Waals surface area contributed by atoms with Crippen molar-refractivity contribution in [2.45, 2.75) is 32.2 Å². The van der Waals surface area contributed by atoms with Crippen molar-refractivity contribution >= 4 is 27.7 Å². The number of carbonyl (C=O) groups is 1. The van der Waals surface area contributed by atoms with Crippen LogP contribution in [0.4, 0.5) is 20.7 Å². The summed E-state index contributed by atoms with van der Waals surface area (Å²) in [5.41, 5.74) is 1.60. The average Bonchev–Trinajstić information content (AvgIpc) is 3.37. The van der Waals surface area contributed by atoms with Crippen LogP contribution < -0.4 is 10.0 Å². The van der Waals surface area contributed by atoms with Crippen molar-refractivity contribution in [2.24, 2.45) is 5.92 Å². The lowest BCUT2D eigenvalue weighted by Gasteiger charge is -2.22. The zero-order valence-corrected chi connectivity index (χ0v) is 20.1. The number of rotatable bonds is 5. The highest BCUT2D eigenvalue weighted by Gasteiger charge is 2.44. The molecule has 2 saturated heterocycles. The van der Waals surface area contributed by atoms with E-state index in [1.165, 1.54) is 28.7 Å². The van der Waals surface area contributed by atoms with Gasteiger partial charge in [0.15, 0.2) is 0 Å². The third kappa shape index (κ3) is 4.75. The van der Waals surface area contributed by atoms with E-state index in [1.54, 1.807) is 6.07 Å². The topological polar surface area (TPSA) is 99.0 Å². The Morgan fingerprint density at radius 2 is 2.06 bits per heavy atom. The summed E-state index contributed by atoms with van der Waals surface area (Å²) in [5, 5.41) is 2.63. The lowest BCUT2D eigenvalue weighted by molar-refractivity contribution is 0.255. The van der Waals surface area contributed by atoms with Gasteiger partial charge in [0.05, 0.1) is 5.69 Å². The fraction of sp³-hybridized carbons (Fsp3) is 0.435. The number of benzene rings is 1. The van der Waals surface area contributed by atoms with Gasteiger partial charge in [0.25, 0.3) is 5.82 Å². The molecule has 1 aromatic heterocycles. The number of anilines is 1. The summed E-state index contributed by atoms with van der Waals surface area (Å²) in [6, 6.07) is 4.88. The Bertz CT molecular complexity index is 1260. The Morgan fingerprint density at radius 1 is 1.29 bits per heavy atom. The number of carbonyl (C=O) groups excluding carboxylic acids is 1. The Kier molecular flexibility index (Phi) is 6.58. The molecule has 2 aliphatic heterocycles. The molecule has 2 N–H and O–H groups in total. The van der Waals surface area contributed by atoms with E-state index < -0.39 is 22.1 Å². The van der Waals surface area contributed by atoms with E-state index >= 15 is 0 Å². The fourth-order valence-electron chi connectivity index (χ4n) is 4.75. The van der Waals surface area contributed by atoms with Crippen LogP contribution in [0.3, 0.4) is 0 Å². The molecule has 2 amide bonds. The van der Waals surface area contributed by atoms with Crippen molar-refractivity contribution in [2.75, 3.05) is 32.0 Å². The van der Waals surface area contributed by atoms with Gasteiger partial charge in [-0.1, -0.05) is 20.4 Å². The van der Waals surface area contributed by atoms with E-state index in [-0.39, 0.29) is 29.4 Å². The molecule has 0 radical (unpaired) electrons. The van der Waals surface area contributed by atoms with Crippen molar-refractivity contribution in [3.63, 3.8) is 0 Å². The molecule has 0 bridgehead atoms. The summed E-state index contributed by atoms with van der Waals surface area (Å²) >= 11 is 0. The summed E-state index contributed by atoms with van der Waals surface area (Å²) in [4.78, 5) is 22.3. The minimum absolute atomic E-state index is 0.121. The van der Waals surface area contributed by atoms with E-state index in [0.29, 0.717) is 29.8 Å². The molecule has 4 rings (SSSR count). The monoisotopic (exact) mass is 486 g/mol. The van der Waals surface area contributed by atoms with Crippen LogP contribution in [0, 0.1) is 18.3 Å². The predicted molar refractivity (Wildman–Crippen MR) is 127 cm³/mol. The Labute approximate surface area is 199 Å². The van der Waals surface area contributed by atoms with E-state index in [2.05, 4.69) is 24.8 Å². The van der Waals surface area contributed by atoms with Crippen molar-refractivity contribution < 1.29 is 17.6 Å². The molecular formula is C23H27FN6O3S. The molecule has 2 fully saturated rings. The lowest BCUT2D eigenvalue weighted by Crippen LogP contribution is -2.45. The lowest BCUT2D eigenvalue weighted by atomic mass is 9.94. The zero-order chi connectivity index (χ0) is 24.6. The number of aromatic nitrogens is 1. The highest BCUT2D eigenvalue weighted by molar-refractivity contribution is 7.87. The average molecular weight is 487 g/mol. The first-order valence-corrected chi connectivity index (χ1v) is 12.5. The molecule has 3 heterocycles. The van der Waals surface area contributed by atoms with E-state index in [4.69, 9.17) is 6.57 Å². The molecule has 2 aromatic rings. The highest BCUT2D eigenvalue weighted by atomic mass is 32.2. The van der Waals surface area contributed by atoms with Crippen LogP contribution in [0.5, 0.6) is 0 Å². The molecule has 11 heteroatoms. The molecule has 0 aliphatic carbocycles. The normalized spacial score (nSPS) is 20.8. The van der Waals surface area contributed by atoms with E-state index in [0.717, 1.165) is 13.0 Å². The number of fused-ring (bicyclic) bond motifs is 1. The summed E-state index contributed by atoms with van der Waals surface area (Å²) in [6.07, 6.45) is 2.35. The van der Waals surface area contributed by atoms with Crippen LogP contribution >= 0.6 is 0 Å². The summed E-state index contributed by atoms with van der Waals surface area (Å²) < 4.78 is 43.7. The maximum atomic E-state index is 14.5. The first-order chi connectivity index (χ1) is 16.1. The maximum absolute atomic E-state index is 14.5. The van der Waals surface area contributed by atoms with Crippen molar-refractivity contribution in [3.05, 3.63) is 53.3 Å². The number of likely N-dealkylation sites (tertiary alicyclic amines) is 1. The summed E-state index contributed by atoms with van der Waals surface area (Å²) in [6.45, 7) is 12.5. The number of pyridine rings is 1. The van der Waals surface area contributed by atoms with Crippen LogP contribution in [-0.4, -0.2) is 61.4 Å². The molecule has 2 atom stereocenters. The molecule has 2 aliphatic rings. The number of nitrogens with one attached hydrogen (secondary N) is 2. The SMILES string of the molecule is [C-]#[N+]c1cc(-c2cc(F)cc(C(C)C)c2NC(=O)NS(=O)(=O)N2CC3CCN(C)C3C2)ccn1. The first-order valence-electron chi connectivity index (χ1n) is 11.1. The Morgan fingerprint density at radius 3 is 2.74 bits per heavy atom. The first kappa shape index (κ1) is 24.1. The van der Waals surface area contributed by atoms with Gasteiger partial charge in [-0.3, -0.25) is 0 Å². The Hall–Kier alpha value is -3.07. The number of likely N-dealkylation sites (N-methyl/N-ethyl adjacent to an activating group) is 1. The van der Waals surface area contributed by atoms with E-state index in [1.807, 2.05) is 20.9 Å². The number of hydrogen-bond acceptors (Lipinski definition) is 5. The number of urea groups is 1. The second kappa shape index (κ2) is 9.29. The molecular weight excluding hydrogens is 459 g/mol. The van der Waals surface area contributed by atoms with Crippen molar-refractivity contribution in [1.29, 1.82) is 0 Å². The molecule has 9 nitrogen and oxygen atoms in total. The zero-order valence-electron chi connectivity index (χ0n) is 19.2. The van der Waals surface area contributed by atoms with Crippen LogP contribution in [-0.2, 0) is 10.2 Å². The van der Waals surface area contributed by atoms with Crippen LogP contribution in [0.1, 0.15) is 31.7 Å². The second-order valence-electron chi connectivity index (χ2n) is 9.06. The van der Waals surface area contributed by atoms with Gasteiger partial charge in [-0.15, -0.1) is 4.98 Å². The molecule has 2 unspecified atom stereocenters. The minimum atomic E-state index is -4.05. The smallest absolute Gasteiger partial charge is 0.333 e. The third-order valence-corrected chi connectivity index (χ3v) is 7.94. The quantitative estimate of drug-likeness (QED) is 0.630. The van der Waals surface area contributed by atoms with Gasteiger partial charge in [-0.25, -0.2) is 13.9 Å². The summed E-state index contributed by atoms with van der Waals surface area (Å²) in [7, 11) is -2.08. The number of amides is 2. The maximum Gasteiger partial charge on any atom is 0.333 e. The molecule has 180 valence electrons. The predicted octanol–water partition coefficient (Wildman–Crippen LogP) is 3.56. The van der Waals surface area contributed by atoms with Crippen LogP contribution in [0.15, 0.2) is 30.5 Å². The highest BCUT2D eigenvalue weighted by Crippen LogP contribution is 2.37. The molecule has 1 aromatic carbocycles. The van der Waals surface area contributed by atoms with Crippen LogP contribution in [0.2, 0.25) is 0 Å². The van der Waals surface area contributed by atoms with Gasteiger partial charge in [0.1, 0.15) is 12.0 Å². The number of hydrogen-bond donors (Lipinski definition) is 2. The number of nitrogens with zero attached hydrogens (tertiary/aromatic N) is 4. The molecule has 0 spiro atoms. The minimum Gasteiger partial charge on any atom is -0.361 e. The van der Waals surface area contributed by atoms with Crippen molar-refractivity contribution in [1.82, 2.24) is 18.9 Å². The number of halogens is 1. The van der Waals surface area contributed by atoms with Crippen LogP contribution in [0.25, 0.3) is 16.0 Å². The van der Waals surface area contributed by atoms with Gasteiger partial charge in [-0.05, 0) is 67.2 Å².